The van der Waals surface area contributed by atoms with Gasteiger partial charge in [0.15, 0.2) is 0 Å². The Morgan fingerprint density at radius 3 is 1.38 bits per heavy atom. The maximum atomic E-state index is 10.5. The fraction of sp³-hybridized carbons (Fsp3) is 0.189. The second kappa shape index (κ2) is 72.7. The quantitative estimate of drug-likeness (QED) is 0.109. The smallest absolute Gasteiger partial charge is 0.307 e. The molecule has 17 heteroatoms. The van der Waals surface area contributed by atoms with Gasteiger partial charge < -0.3 is 30.1 Å². The first-order chi connectivity index (χ1) is 71.8. The van der Waals surface area contributed by atoms with Crippen molar-refractivity contribution in [3.63, 3.8) is 0 Å². The van der Waals surface area contributed by atoms with Crippen LogP contribution in [0, 0.1) is 5.92 Å². The number of furan rings is 1. The predicted molar refractivity (Wildman–Crippen MR) is 633 cm³/mol. The number of benzene rings is 13. The van der Waals surface area contributed by atoms with Crippen molar-refractivity contribution < 1.29 is 14.3 Å². The molecule has 5 N–H and O–H groups in total. The van der Waals surface area contributed by atoms with Crippen molar-refractivity contribution in [2.24, 2.45) is 18.0 Å². The van der Waals surface area contributed by atoms with Gasteiger partial charge in [-0.3, -0.25) is 34.4 Å². The molecule has 2 atom stereocenters. The zero-order chi connectivity index (χ0) is 100. The molecule has 5 aliphatic rings. The first-order valence-electron chi connectivity index (χ1n) is 49.9. The number of carboxylic acids is 1. The average Bonchev–Trinajstić information content (AvgIpc) is 0.908. The number of hydrogen-bond donors (Lipinski definition) is 5. The molecule has 1 saturated carbocycles. The third-order valence-corrected chi connectivity index (χ3v) is 24.2. The number of aliphatic carboxylic acids is 1. The van der Waals surface area contributed by atoms with E-state index >= 15 is 0 Å². The van der Waals surface area contributed by atoms with E-state index in [1.54, 1.807) is 47.1 Å². The van der Waals surface area contributed by atoms with Crippen molar-refractivity contribution in [1.82, 2.24) is 60.5 Å². The molecular formula is C132H147N13O3S. The van der Waals surface area contributed by atoms with Gasteiger partial charge in [-0.05, 0) is 242 Å². The van der Waals surface area contributed by atoms with Crippen LogP contribution in [0.5, 0.6) is 0 Å². The molecule has 0 bridgehead atoms. The molecule has 3 aliphatic heterocycles. The number of carboxylic acid groups (broad SMARTS) is 1. The fourth-order valence-electron chi connectivity index (χ4n) is 16.0. The Morgan fingerprint density at radius 1 is 0.389 bits per heavy atom. The largest absolute Gasteiger partial charge is 0.481 e. The molecule has 12 heterocycles. The fourth-order valence-corrected chi connectivity index (χ4v) is 16.6. The van der Waals surface area contributed by atoms with E-state index < -0.39 is 5.97 Å². The van der Waals surface area contributed by atoms with E-state index in [-0.39, 0.29) is 36.1 Å². The number of aliphatic imine (C=N–C) groups is 1. The van der Waals surface area contributed by atoms with Crippen LogP contribution < -0.4 is 10.6 Å². The molecule has 2 aliphatic carbocycles. The lowest BCUT2D eigenvalue weighted by Gasteiger charge is -2.36. The minimum Gasteiger partial charge on any atom is -0.481 e. The van der Waals surface area contributed by atoms with Crippen molar-refractivity contribution in [1.29, 1.82) is 0 Å². The molecule has 9 aromatic heterocycles. The summed E-state index contributed by atoms with van der Waals surface area (Å²) in [6.45, 7) is 3.78. The summed E-state index contributed by atoms with van der Waals surface area (Å²) in [7, 11) is 1.86. The predicted octanol–water partition coefficient (Wildman–Crippen LogP) is 33.8. The molecule has 3 fully saturated rings. The normalized spacial score (nSPS) is 12.7. The van der Waals surface area contributed by atoms with Crippen molar-refractivity contribution in [2.45, 2.75) is 132 Å². The van der Waals surface area contributed by atoms with Gasteiger partial charge >= 0.3 is 5.97 Å². The van der Waals surface area contributed by atoms with Gasteiger partial charge in [-0.15, -0.1) is 16.4 Å². The van der Waals surface area contributed by atoms with Gasteiger partial charge in [0.05, 0.1) is 45.8 Å². The van der Waals surface area contributed by atoms with Gasteiger partial charge in [-0.2, -0.15) is 0 Å². The van der Waals surface area contributed by atoms with Crippen LogP contribution in [0.1, 0.15) is 123 Å². The number of rotatable bonds is 5. The second-order valence-corrected chi connectivity index (χ2v) is 34.9. The summed E-state index contributed by atoms with van der Waals surface area (Å²) >= 11 is 1.68. The van der Waals surface area contributed by atoms with Gasteiger partial charge in [-0.25, -0.2) is 4.98 Å². The Balaban J connectivity index is 0.000000195. The molecule has 0 amide bonds. The Labute approximate surface area is 887 Å². The molecule has 764 valence electrons. The zero-order valence-electron chi connectivity index (χ0n) is 82.7. The van der Waals surface area contributed by atoms with Crippen LogP contribution in [-0.2, 0) is 37.5 Å². The van der Waals surface area contributed by atoms with Crippen LogP contribution >= 0.6 is 11.3 Å². The lowest BCUT2D eigenvalue weighted by atomic mass is 9.80. The third-order valence-electron chi connectivity index (χ3n) is 23.4. The lowest BCUT2D eigenvalue weighted by Crippen LogP contribution is -2.42. The van der Waals surface area contributed by atoms with Crippen LogP contribution in [0.25, 0.3) is 87.3 Å². The van der Waals surface area contributed by atoms with E-state index in [2.05, 4.69) is 206 Å². The SMILES string of the molecule is C.C.C.C.C1=Nc2ccccc2C1.C1CCC2NCCCC2C1.C1CCNCC1.Cn1cc(-c2ccccc2)nn1.O=C(O)Cc1ccc(-c2ccccc2)cc1.c1cc[nH]c1.c1ccc(-c2ccccc2)cc1.c1ccc2[nH]ccc2c1.c1ccc2ccccc2c1.c1ccc2ncccc2c1.c1ccc2occc2c1.c1ccc2scnc2c1.c1ccccc1.c1ccncc1.c1ccncc1.c1cnc2c(c1)CCCC2. The summed E-state index contributed by atoms with van der Waals surface area (Å²) in [5.41, 5.74) is 19.1. The number of piperidine rings is 2. The number of aromatic nitrogens is 10. The number of pyridine rings is 4. The summed E-state index contributed by atoms with van der Waals surface area (Å²) < 4.78 is 8.08. The van der Waals surface area contributed by atoms with E-state index in [4.69, 9.17) is 9.52 Å². The van der Waals surface area contributed by atoms with E-state index in [9.17, 15) is 4.79 Å². The summed E-state index contributed by atoms with van der Waals surface area (Å²) in [4.78, 5) is 40.9. The molecule has 0 spiro atoms. The molecular weight excluding hydrogens is 1850 g/mol. The molecule has 2 unspecified atom stereocenters. The molecule has 22 aromatic rings. The Morgan fingerprint density at radius 2 is 0.872 bits per heavy atom. The summed E-state index contributed by atoms with van der Waals surface area (Å²) in [5.74, 6) is 0.245. The molecule has 0 radical (unpaired) electrons. The van der Waals surface area contributed by atoms with Gasteiger partial charge in [0, 0.05) is 109 Å². The standard InChI is InChI=1S/C14H12O2.C12H10.C10H8.C9H9N3.C9H17N.C9H11N.C9H7N.2C8H7N.C8H6O.C7H5NS.C6H6.C5H11N.2C5H5N.C4H5N.4CH4/c15-14(16)10-11-6-8-13(9-7-11)12-4-2-1-3-5-12;1-3-7-11(8-4-1)12-9-5-2-6-10-12;1-2-6-10-8-4-3-7-9(10)5-1;1-12-7-9(10-11-12)8-5-3-2-4-6-8;3*1-2-6-9-8(4-1)5-3-7-10-9;3*1-2-4-8-7(3-1)5-6-9-8;1-2-4-7-6(3-1)8-5-9-7;4*1-2-4-6-5-3-1;1-2-4-5-3-1;;;;/h1-9H,10H2,(H,15,16);1-10H;1-8H;2-7H,1H3;8-10H,1-7H2;3,5,7H,1-2,4,6H2;1-7H;1-4,6H,5H2;1-6,9H;1-6H;1-5H;1-6H;6H,1-5H2;2*1-5H;1-5H;4*1H4. The number of nitrogens with one attached hydrogen (secondary N) is 4. The van der Waals surface area contributed by atoms with Crippen LogP contribution in [0.2, 0.25) is 0 Å². The second-order valence-electron chi connectivity index (χ2n) is 34.0. The van der Waals surface area contributed by atoms with Crippen LogP contribution in [0.3, 0.4) is 0 Å². The maximum Gasteiger partial charge on any atom is 0.307 e. The number of fused-ring (bicyclic) bond motifs is 8. The van der Waals surface area contributed by atoms with E-state index in [1.807, 2.05) is 347 Å². The number of hydrogen-bond acceptors (Lipinski definition) is 13. The van der Waals surface area contributed by atoms with Gasteiger partial charge in [0.25, 0.3) is 0 Å². The highest BCUT2D eigenvalue weighted by Gasteiger charge is 2.26. The third kappa shape index (κ3) is 45.7. The molecule has 13 aromatic carbocycles. The highest BCUT2D eigenvalue weighted by Crippen LogP contribution is 2.31. The van der Waals surface area contributed by atoms with Crippen molar-refractivity contribution in [3.05, 3.63) is 533 Å². The van der Waals surface area contributed by atoms with E-state index in [1.165, 1.54) is 163 Å². The van der Waals surface area contributed by atoms with Crippen molar-refractivity contribution >= 4 is 83.0 Å². The number of nitrogens with zero attached hydrogens (tertiary/aromatic N) is 9. The molecule has 149 heavy (non-hydrogen) atoms. The summed E-state index contributed by atoms with van der Waals surface area (Å²) in [5, 5.41) is 29.7. The topological polar surface area (TPSA) is 214 Å². The number of para-hydroxylation sites is 5. The minimum atomic E-state index is -0.799. The van der Waals surface area contributed by atoms with Crippen LogP contribution in [0.4, 0.5) is 5.69 Å². The molecule has 2 saturated heterocycles. The first kappa shape index (κ1) is 118. The number of carbonyl (C=O) groups is 1. The van der Waals surface area contributed by atoms with Gasteiger partial charge in [-0.1, -0.05) is 394 Å². The Kier molecular flexibility index (Phi) is 57.4. The lowest BCUT2D eigenvalue weighted by molar-refractivity contribution is -0.136. The van der Waals surface area contributed by atoms with Crippen LogP contribution in [-0.4, -0.2) is 92.8 Å². The number of aryl methyl sites for hydroxylation is 3. The first-order valence-corrected chi connectivity index (χ1v) is 50.8. The zero-order valence-corrected chi connectivity index (χ0v) is 83.5. The van der Waals surface area contributed by atoms with Gasteiger partial charge in [0.1, 0.15) is 11.3 Å². The number of aromatic amines is 2. The number of H-pyrrole nitrogens is 2. The summed E-state index contributed by atoms with van der Waals surface area (Å²) in [6, 6.07) is 146. The number of thiazole rings is 1. The maximum absolute atomic E-state index is 10.5. The van der Waals surface area contributed by atoms with Crippen LogP contribution in [0.15, 0.2) is 520 Å². The monoisotopic (exact) mass is 1990 g/mol. The van der Waals surface area contributed by atoms with Crippen molar-refractivity contribution in [2.75, 3.05) is 19.6 Å². The van der Waals surface area contributed by atoms with E-state index in [0.717, 1.165) is 74.0 Å². The Bertz CT molecular complexity index is 6380. The summed E-state index contributed by atoms with van der Waals surface area (Å²) in [6.07, 6.45) is 41.2. The van der Waals surface area contributed by atoms with Gasteiger partial charge in [0.2, 0.25) is 0 Å². The molecule has 27 rings (SSSR count). The van der Waals surface area contributed by atoms with Crippen molar-refractivity contribution in [3.8, 4) is 33.5 Å². The highest BCUT2D eigenvalue weighted by atomic mass is 32.1. The Hall–Kier alpha value is -16.6. The molecule has 16 nitrogen and oxygen atoms in total. The minimum absolute atomic E-state index is 0. The average molecular weight is 2000 g/mol. The van der Waals surface area contributed by atoms with E-state index in [0.29, 0.717) is 0 Å². The highest BCUT2D eigenvalue weighted by molar-refractivity contribution is 7.16.